The highest BCUT2D eigenvalue weighted by molar-refractivity contribution is 6.34. The molecule has 1 aliphatic heterocycles. The molecule has 0 radical (unpaired) electrons. The Bertz CT molecular complexity index is 897. The number of nitro benzene ring substituents is 1. The fraction of sp³-hybridized carbons (Fsp3) is 0.353. The van der Waals surface area contributed by atoms with E-state index in [4.69, 9.17) is 25.8 Å². The predicted octanol–water partition coefficient (Wildman–Crippen LogP) is 1.82. The first-order valence-electron chi connectivity index (χ1n) is 8.16. The van der Waals surface area contributed by atoms with Gasteiger partial charge < -0.3 is 23.8 Å². The number of benzene rings is 1. The number of nitrogens with zero attached hydrogens (tertiary/aromatic N) is 2. The lowest BCUT2D eigenvalue weighted by Gasteiger charge is -2.31. The van der Waals surface area contributed by atoms with Gasteiger partial charge in [0.2, 0.25) is 0 Å². The molecule has 1 heterocycles. The number of rotatable bonds is 6. The van der Waals surface area contributed by atoms with Crippen molar-refractivity contribution in [3.63, 3.8) is 0 Å². The normalized spacial score (nSPS) is 13.7. The third-order valence-electron chi connectivity index (χ3n) is 3.85. The average Bonchev–Trinajstić information content (AvgIpc) is 2.71. The Labute approximate surface area is 169 Å². The van der Waals surface area contributed by atoms with Gasteiger partial charge in [-0.25, -0.2) is 14.4 Å². The summed E-state index contributed by atoms with van der Waals surface area (Å²) >= 11 is 6.23. The standard InChI is InChI=1S/C17H17ClN2O9/c1-4-29-15(21)9-5-11(18)14(12(6-9)20(24)25)19-8-28-7-10(16(22)26-2)13(19)17(23)27-3/h5-6H,4,7-8H2,1-3H3. The van der Waals surface area contributed by atoms with Crippen molar-refractivity contribution in [1.82, 2.24) is 0 Å². The van der Waals surface area contributed by atoms with Crippen molar-refractivity contribution in [2.75, 3.05) is 39.1 Å². The highest BCUT2D eigenvalue weighted by atomic mass is 35.5. The van der Waals surface area contributed by atoms with Gasteiger partial charge in [-0.15, -0.1) is 0 Å². The summed E-state index contributed by atoms with van der Waals surface area (Å²) in [5, 5.41) is 11.4. The number of ether oxygens (including phenoxy) is 4. The predicted molar refractivity (Wildman–Crippen MR) is 98.4 cm³/mol. The fourth-order valence-electron chi connectivity index (χ4n) is 2.64. The minimum atomic E-state index is -0.950. The largest absolute Gasteiger partial charge is 0.466 e. The smallest absolute Gasteiger partial charge is 0.355 e. The third-order valence-corrected chi connectivity index (χ3v) is 4.14. The quantitative estimate of drug-likeness (QED) is 0.285. The summed E-state index contributed by atoms with van der Waals surface area (Å²) in [6.07, 6.45) is 0. The van der Waals surface area contributed by atoms with Gasteiger partial charge in [-0.2, -0.15) is 0 Å². The lowest BCUT2D eigenvalue weighted by Crippen LogP contribution is -2.39. The van der Waals surface area contributed by atoms with Gasteiger partial charge in [0.15, 0.2) is 0 Å². The summed E-state index contributed by atoms with van der Waals surface area (Å²) in [7, 11) is 2.19. The van der Waals surface area contributed by atoms with Crippen molar-refractivity contribution in [3.8, 4) is 0 Å². The van der Waals surface area contributed by atoms with E-state index in [0.29, 0.717) is 0 Å². The second kappa shape index (κ2) is 9.34. The molecule has 1 aromatic carbocycles. The Morgan fingerprint density at radius 3 is 2.41 bits per heavy atom. The van der Waals surface area contributed by atoms with Crippen molar-refractivity contribution < 1.29 is 38.3 Å². The van der Waals surface area contributed by atoms with Gasteiger partial charge in [0.05, 0.1) is 48.5 Å². The monoisotopic (exact) mass is 428 g/mol. The van der Waals surface area contributed by atoms with Gasteiger partial charge in [-0.1, -0.05) is 11.6 Å². The van der Waals surface area contributed by atoms with Crippen molar-refractivity contribution in [3.05, 3.63) is 44.1 Å². The van der Waals surface area contributed by atoms with Gasteiger partial charge in [0.1, 0.15) is 18.1 Å². The van der Waals surface area contributed by atoms with Gasteiger partial charge in [0.25, 0.3) is 5.69 Å². The van der Waals surface area contributed by atoms with E-state index in [1.165, 1.54) is 0 Å². The SMILES string of the molecule is CCOC(=O)c1cc(Cl)c(N2COCC(C(=O)OC)=C2C(=O)OC)c([N+](=O)[O-])c1. The topological polar surface area (TPSA) is 135 Å². The number of nitro groups is 1. The van der Waals surface area contributed by atoms with Crippen LogP contribution in [0.4, 0.5) is 11.4 Å². The molecule has 0 aliphatic carbocycles. The molecule has 0 atom stereocenters. The molecule has 0 unspecified atom stereocenters. The van der Waals surface area contributed by atoms with E-state index < -0.39 is 28.5 Å². The molecule has 2 rings (SSSR count). The Morgan fingerprint density at radius 1 is 1.21 bits per heavy atom. The van der Waals surface area contributed by atoms with E-state index in [0.717, 1.165) is 31.3 Å². The van der Waals surface area contributed by atoms with E-state index in [1.54, 1.807) is 6.92 Å². The van der Waals surface area contributed by atoms with Crippen LogP contribution < -0.4 is 4.90 Å². The average molecular weight is 429 g/mol. The Morgan fingerprint density at radius 2 is 1.86 bits per heavy atom. The first-order valence-corrected chi connectivity index (χ1v) is 8.54. The van der Waals surface area contributed by atoms with Crippen LogP contribution in [0.1, 0.15) is 17.3 Å². The zero-order valence-electron chi connectivity index (χ0n) is 15.7. The van der Waals surface area contributed by atoms with E-state index in [1.807, 2.05) is 0 Å². The molecule has 0 amide bonds. The van der Waals surface area contributed by atoms with Gasteiger partial charge in [0, 0.05) is 6.07 Å². The second-order valence-corrected chi connectivity index (χ2v) is 5.93. The van der Waals surface area contributed by atoms with E-state index in [-0.39, 0.29) is 47.5 Å². The van der Waals surface area contributed by atoms with Crippen LogP contribution in [0.25, 0.3) is 0 Å². The summed E-state index contributed by atoms with van der Waals surface area (Å²) in [4.78, 5) is 48.3. The van der Waals surface area contributed by atoms with Gasteiger partial charge in [-0.05, 0) is 13.0 Å². The molecule has 0 saturated carbocycles. The zero-order valence-corrected chi connectivity index (χ0v) is 16.5. The number of carbonyl (C=O) groups is 3. The van der Waals surface area contributed by atoms with E-state index in [9.17, 15) is 24.5 Å². The maximum Gasteiger partial charge on any atom is 0.355 e. The highest BCUT2D eigenvalue weighted by Crippen LogP contribution is 2.40. The zero-order chi connectivity index (χ0) is 21.7. The Hall–Kier alpha value is -3.18. The van der Waals surface area contributed by atoms with Crippen molar-refractivity contribution in [1.29, 1.82) is 0 Å². The second-order valence-electron chi connectivity index (χ2n) is 5.52. The van der Waals surface area contributed by atoms with Crippen LogP contribution in [0.5, 0.6) is 0 Å². The van der Waals surface area contributed by atoms with Crippen LogP contribution in [0.3, 0.4) is 0 Å². The molecule has 0 aromatic heterocycles. The van der Waals surface area contributed by atoms with E-state index >= 15 is 0 Å². The molecular formula is C17H17ClN2O9. The van der Waals surface area contributed by atoms with Crippen LogP contribution in [0, 0.1) is 10.1 Å². The van der Waals surface area contributed by atoms with Gasteiger partial charge >= 0.3 is 17.9 Å². The molecule has 0 saturated heterocycles. The number of hydrogen-bond acceptors (Lipinski definition) is 10. The molecule has 1 aromatic rings. The van der Waals surface area contributed by atoms with E-state index in [2.05, 4.69) is 4.74 Å². The lowest BCUT2D eigenvalue weighted by atomic mass is 10.1. The maximum absolute atomic E-state index is 12.4. The van der Waals surface area contributed by atoms with Gasteiger partial charge in [-0.3, -0.25) is 10.1 Å². The minimum absolute atomic E-state index is 0.0592. The summed E-state index contributed by atoms with van der Waals surface area (Å²) < 4.78 is 19.5. The lowest BCUT2D eigenvalue weighted by molar-refractivity contribution is -0.384. The van der Waals surface area contributed by atoms with Crippen molar-refractivity contribution in [2.45, 2.75) is 6.92 Å². The van der Waals surface area contributed by atoms with Crippen LogP contribution in [0.15, 0.2) is 23.4 Å². The first kappa shape index (κ1) is 22.1. The summed E-state index contributed by atoms with van der Waals surface area (Å²) in [6.45, 7) is 1.02. The van der Waals surface area contributed by atoms with Crippen molar-refractivity contribution in [2.24, 2.45) is 0 Å². The maximum atomic E-state index is 12.4. The molecule has 11 nitrogen and oxygen atoms in total. The molecule has 1 aliphatic rings. The molecule has 0 N–H and O–H groups in total. The first-order chi connectivity index (χ1) is 13.8. The molecule has 12 heteroatoms. The fourth-order valence-corrected chi connectivity index (χ4v) is 2.96. The number of halogens is 1. The molecule has 156 valence electrons. The molecule has 0 spiro atoms. The number of carbonyl (C=O) groups excluding carboxylic acids is 3. The van der Waals surface area contributed by atoms with Crippen LogP contribution >= 0.6 is 11.6 Å². The van der Waals surface area contributed by atoms with Crippen molar-refractivity contribution >= 4 is 40.9 Å². The van der Waals surface area contributed by atoms with Crippen LogP contribution in [-0.2, 0) is 28.5 Å². The minimum Gasteiger partial charge on any atom is -0.466 e. The molecule has 0 fully saturated rings. The number of methoxy groups -OCH3 is 2. The summed E-state index contributed by atoms with van der Waals surface area (Å²) in [5.41, 5.74) is -1.53. The van der Waals surface area contributed by atoms with Crippen LogP contribution in [0.2, 0.25) is 5.02 Å². The summed E-state index contributed by atoms with van der Waals surface area (Å²) in [6, 6.07) is 2.11. The Kier molecular flexibility index (Phi) is 7.13. The number of esters is 3. The summed E-state index contributed by atoms with van der Waals surface area (Å²) in [5.74, 6) is -2.64. The van der Waals surface area contributed by atoms with Crippen LogP contribution in [-0.4, -0.2) is 57.0 Å². The molecule has 29 heavy (non-hydrogen) atoms. The third kappa shape index (κ3) is 4.46. The Balaban J connectivity index is 2.73. The highest BCUT2D eigenvalue weighted by Gasteiger charge is 2.37. The number of hydrogen-bond donors (Lipinski definition) is 0. The number of anilines is 1. The molecular weight excluding hydrogens is 412 g/mol. The molecule has 0 bridgehead atoms.